The van der Waals surface area contributed by atoms with Crippen LogP contribution in [0.15, 0.2) is 17.7 Å². The van der Waals surface area contributed by atoms with Crippen molar-refractivity contribution < 1.29 is 26.2 Å². The number of hydrogen-bond donors (Lipinski definition) is 0. The van der Waals surface area contributed by atoms with E-state index in [1.165, 1.54) is 0 Å². The van der Waals surface area contributed by atoms with Crippen LogP contribution in [0.2, 0.25) is 0 Å². The molecule has 0 saturated carbocycles. The largest absolute Gasteiger partial charge is 0.293 e. The van der Waals surface area contributed by atoms with E-state index < -0.39 is 0 Å². The van der Waals surface area contributed by atoms with Gasteiger partial charge in [0.15, 0.2) is 0 Å². The molecule has 0 spiro atoms. The molecule has 0 bridgehead atoms. The molecule has 0 radical (unpaired) electrons. The third-order valence-electron chi connectivity index (χ3n) is 0.789. The Morgan fingerprint density at radius 1 is 1.40 bits per heavy atom. The van der Waals surface area contributed by atoms with Gasteiger partial charge >= 0.3 is 0 Å². The molecule has 0 aliphatic heterocycles. The molecule has 10 heavy (non-hydrogen) atoms. The second-order valence-electron chi connectivity index (χ2n) is 1.52. The van der Waals surface area contributed by atoms with E-state index in [1.807, 2.05) is 6.92 Å². The van der Waals surface area contributed by atoms with Crippen molar-refractivity contribution in [3.63, 3.8) is 0 Å². The summed E-state index contributed by atoms with van der Waals surface area (Å²) in [5, 5.41) is 0. The van der Waals surface area contributed by atoms with Crippen molar-refractivity contribution >= 4 is 24.8 Å². The van der Waals surface area contributed by atoms with Gasteiger partial charge in [0.25, 0.3) is 0 Å². The van der Waals surface area contributed by atoms with E-state index in [1.54, 1.807) is 6.08 Å². The standard InChI is InChI=1S/C7H11.2ClH.Zr/c1-4-6-7(3)5-2;;;/h2,5-6H,4H2,1,3H3;2*1H;/q-1;;;. The zero-order chi connectivity index (χ0) is 5.70. The maximum absolute atomic E-state index is 5.16. The molecular formula is C7H13Cl2Zr-. The van der Waals surface area contributed by atoms with Gasteiger partial charge in [-0.15, -0.1) is 31.7 Å². The topological polar surface area (TPSA) is 0 Å². The average Bonchev–Trinajstić information content (AvgIpc) is 1.68. The summed E-state index contributed by atoms with van der Waals surface area (Å²) < 4.78 is 0. The van der Waals surface area contributed by atoms with E-state index in [9.17, 15) is 0 Å². The minimum absolute atomic E-state index is 0. The third kappa shape index (κ3) is 16.0. The molecular weight excluding hydrogens is 246 g/mol. The monoisotopic (exact) mass is 257 g/mol. The van der Waals surface area contributed by atoms with Gasteiger partial charge in [-0.05, 0) is 0 Å². The molecule has 0 heterocycles. The van der Waals surface area contributed by atoms with Gasteiger partial charge < -0.3 is 0 Å². The molecule has 0 atom stereocenters. The van der Waals surface area contributed by atoms with E-state index >= 15 is 0 Å². The summed E-state index contributed by atoms with van der Waals surface area (Å²) in [5.74, 6) is 0. The van der Waals surface area contributed by atoms with Crippen LogP contribution in [0.4, 0.5) is 0 Å². The fraction of sp³-hybridized carbons (Fsp3) is 0.429. The maximum Gasteiger partial charge on any atom is 0 e. The zero-order valence-corrected chi connectivity index (χ0v) is 10.3. The molecule has 0 aliphatic carbocycles. The van der Waals surface area contributed by atoms with Crippen molar-refractivity contribution in [2.45, 2.75) is 20.3 Å². The van der Waals surface area contributed by atoms with Crippen LogP contribution < -0.4 is 0 Å². The molecule has 0 rings (SSSR count). The molecule has 0 aromatic carbocycles. The minimum atomic E-state index is 0. The van der Waals surface area contributed by atoms with Gasteiger partial charge in [0, 0.05) is 26.2 Å². The fourth-order valence-electron chi connectivity index (χ4n) is 0.390. The summed E-state index contributed by atoms with van der Waals surface area (Å²) in [6.45, 7) is 9.24. The first-order chi connectivity index (χ1) is 3.31. The Hall–Kier alpha value is 0.943. The first kappa shape index (κ1) is 22.4. The number of halogens is 2. The van der Waals surface area contributed by atoms with Crippen LogP contribution in [-0.2, 0) is 26.2 Å². The van der Waals surface area contributed by atoms with Gasteiger partial charge in [-0.25, -0.2) is 11.6 Å². The minimum Gasteiger partial charge on any atom is -0.293 e. The maximum atomic E-state index is 5.16. The predicted octanol–water partition coefficient (Wildman–Crippen LogP) is 3.17. The molecule has 0 saturated heterocycles. The Labute approximate surface area is 95.1 Å². The van der Waals surface area contributed by atoms with Crippen LogP contribution in [0.25, 0.3) is 0 Å². The normalized spacial score (nSPS) is 8.00. The molecule has 0 N–H and O–H groups in total. The predicted molar refractivity (Wildman–Crippen MR) is 47.4 cm³/mol. The zero-order valence-electron chi connectivity index (χ0n) is 6.26. The van der Waals surface area contributed by atoms with Crippen molar-refractivity contribution in [2.24, 2.45) is 0 Å². The quantitative estimate of drug-likeness (QED) is 0.528. The molecule has 0 aromatic rings. The molecule has 3 heteroatoms. The summed E-state index contributed by atoms with van der Waals surface area (Å²) in [6.07, 6.45) is 4.77. The summed E-state index contributed by atoms with van der Waals surface area (Å²) >= 11 is 0. The molecule has 0 fully saturated rings. The van der Waals surface area contributed by atoms with Crippen LogP contribution in [0.1, 0.15) is 20.3 Å². The molecule has 0 aliphatic rings. The Balaban J connectivity index is -0.0000000600. The van der Waals surface area contributed by atoms with Gasteiger partial charge in [0.1, 0.15) is 0 Å². The summed E-state index contributed by atoms with van der Waals surface area (Å²) in [5.41, 5.74) is 1.16. The average molecular weight is 259 g/mol. The van der Waals surface area contributed by atoms with Crippen LogP contribution in [-0.4, -0.2) is 0 Å². The van der Waals surface area contributed by atoms with Gasteiger partial charge in [-0.1, -0.05) is 13.3 Å². The third-order valence-corrected chi connectivity index (χ3v) is 0.789. The molecule has 0 unspecified atom stereocenters. The van der Waals surface area contributed by atoms with Crippen LogP contribution >= 0.6 is 24.8 Å². The van der Waals surface area contributed by atoms with Gasteiger partial charge in [-0.2, -0.15) is 6.08 Å². The first-order valence-electron chi connectivity index (χ1n) is 2.53. The Morgan fingerprint density at radius 2 is 1.80 bits per heavy atom. The van der Waals surface area contributed by atoms with Gasteiger partial charge in [0.05, 0.1) is 0 Å². The summed E-state index contributed by atoms with van der Waals surface area (Å²) in [6, 6.07) is 0. The molecule has 0 amide bonds. The Morgan fingerprint density at radius 3 is 1.90 bits per heavy atom. The van der Waals surface area contributed by atoms with E-state index in [4.69, 9.17) is 6.58 Å². The van der Waals surface area contributed by atoms with Gasteiger partial charge in [0.2, 0.25) is 0 Å². The number of allylic oxidation sites excluding steroid dienone is 3. The smallest absolute Gasteiger partial charge is 0 e. The fourth-order valence-corrected chi connectivity index (χ4v) is 0.390. The number of rotatable bonds is 2. The molecule has 60 valence electrons. The number of hydrogen-bond acceptors (Lipinski definition) is 0. The van der Waals surface area contributed by atoms with Crippen molar-refractivity contribution in [2.75, 3.05) is 0 Å². The molecule has 0 aromatic heterocycles. The van der Waals surface area contributed by atoms with Crippen molar-refractivity contribution in [1.82, 2.24) is 0 Å². The first-order valence-corrected chi connectivity index (χ1v) is 2.53. The van der Waals surface area contributed by atoms with Gasteiger partial charge in [-0.3, -0.25) is 6.58 Å². The van der Waals surface area contributed by atoms with E-state index in [0.29, 0.717) is 0 Å². The SMILES string of the molecule is Cl.Cl.[CH-]=CC(C)=CCC.[Zr]. The van der Waals surface area contributed by atoms with Crippen LogP contribution in [0.3, 0.4) is 0 Å². The summed E-state index contributed by atoms with van der Waals surface area (Å²) in [4.78, 5) is 0. The van der Waals surface area contributed by atoms with Crippen LogP contribution in [0, 0.1) is 6.58 Å². The summed E-state index contributed by atoms with van der Waals surface area (Å²) in [7, 11) is 0. The van der Waals surface area contributed by atoms with Crippen molar-refractivity contribution in [3.05, 3.63) is 24.3 Å². The second kappa shape index (κ2) is 16.5. The van der Waals surface area contributed by atoms with E-state index in [2.05, 4.69) is 13.0 Å². The van der Waals surface area contributed by atoms with Crippen LogP contribution in [0.5, 0.6) is 0 Å². The van der Waals surface area contributed by atoms with Crippen molar-refractivity contribution in [1.29, 1.82) is 0 Å². The van der Waals surface area contributed by atoms with Crippen molar-refractivity contribution in [3.8, 4) is 0 Å². The van der Waals surface area contributed by atoms with E-state index in [-0.39, 0.29) is 51.0 Å². The Kier molecular flexibility index (Phi) is 37.0. The molecule has 0 nitrogen and oxygen atoms in total. The Bertz CT molecular complexity index is 89.6. The second-order valence-corrected chi connectivity index (χ2v) is 1.52. The van der Waals surface area contributed by atoms with E-state index in [0.717, 1.165) is 12.0 Å².